The number of hydrogen-bond acceptors (Lipinski definition) is 4. The number of nitrogen functional groups attached to an aromatic ring is 1. The van der Waals surface area contributed by atoms with Crippen molar-refractivity contribution in [1.82, 2.24) is 4.90 Å². The van der Waals surface area contributed by atoms with Crippen LogP contribution < -0.4 is 10.6 Å². The number of likely N-dealkylation sites (tertiary alicyclic amines) is 1. The second-order valence-corrected chi connectivity index (χ2v) is 5.83. The van der Waals surface area contributed by atoms with Crippen LogP contribution >= 0.6 is 0 Å². The van der Waals surface area contributed by atoms with E-state index in [0.29, 0.717) is 17.7 Å². The monoisotopic (exact) mass is 291 g/mol. The van der Waals surface area contributed by atoms with E-state index < -0.39 is 0 Å². The molecule has 0 aromatic heterocycles. The molecule has 0 saturated carbocycles. The maximum Gasteiger partial charge on any atom is 0.254 e. The van der Waals surface area contributed by atoms with Gasteiger partial charge in [0.2, 0.25) is 0 Å². The van der Waals surface area contributed by atoms with Crippen LogP contribution in [0.3, 0.4) is 0 Å². The predicted octanol–water partition coefficient (Wildman–Crippen LogP) is 1.71. The van der Waals surface area contributed by atoms with Crippen LogP contribution in [0.2, 0.25) is 0 Å². The normalized spacial score (nSPS) is 18.6. The molecule has 1 amide bonds. The van der Waals surface area contributed by atoms with Crippen LogP contribution in [0.4, 0.5) is 11.4 Å². The smallest absolute Gasteiger partial charge is 0.254 e. The SMILES string of the molecule is CN(C)c1ccc(C(=O)N2CCCCC2CCO)cc1N. The molecule has 1 heterocycles. The van der Waals surface area contributed by atoms with Crippen LogP contribution in [0, 0.1) is 0 Å². The maximum absolute atomic E-state index is 12.7. The Morgan fingerprint density at radius 1 is 1.43 bits per heavy atom. The Kier molecular flexibility index (Phi) is 5.07. The zero-order valence-corrected chi connectivity index (χ0v) is 12.9. The van der Waals surface area contributed by atoms with Crippen LogP contribution in [0.15, 0.2) is 18.2 Å². The summed E-state index contributed by atoms with van der Waals surface area (Å²) in [5.41, 5.74) is 8.18. The number of hydrogen-bond donors (Lipinski definition) is 2. The van der Waals surface area contributed by atoms with Crippen molar-refractivity contribution in [3.8, 4) is 0 Å². The molecule has 0 spiro atoms. The summed E-state index contributed by atoms with van der Waals surface area (Å²) in [6.07, 6.45) is 3.77. The van der Waals surface area contributed by atoms with Crippen LogP contribution in [0.1, 0.15) is 36.0 Å². The van der Waals surface area contributed by atoms with E-state index in [4.69, 9.17) is 10.8 Å². The van der Waals surface area contributed by atoms with E-state index in [-0.39, 0.29) is 18.6 Å². The summed E-state index contributed by atoms with van der Waals surface area (Å²) in [5, 5.41) is 9.17. The van der Waals surface area contributed by atoms with E-state index in [1.165, 1.54) is 0 Å². The van der Waals surface area contributed by atoms with Crippen LogP contribution in [0.25, 0.3) is 0 Å². The minimum absolute atomic E-state index is 0.0187. The average molecular weight is 291 g/mol. The topological polar surface area (TPSA) is 69.8 Å². The van der Waals surface area contributed by atoms with Gasteiger partial charge >= 0.3 is 0 Å². The van der Waals surface area contributed by atoms with Gasteiger partial charge in [0, 0.05) is 38.9 Å². The van der Waals surface area contributed by atoms with Crippen molar-refractivity contribution < 1.29 is 9.90 Å². The van der Waals surface area contributed by atoms with Gasteiger partial charge in [-0.1, -0.05) is 0 Å². The average Bonchev–Trinajstić information content (AvgIpc) is 2.47. The van der Waals surface area contributed by atoms with E-state index >= 15 is 0 Å². The van der Waals surface area contributed by atoms with E-state index in [9.17, 15) is 4.79 Å². The Morgan fingerprint density at radius 2 is 2.19 bits per heavy atom. The molecule has 2 rings (SSSR count). The van der Waals surface area contributed by atoms with Gasteiger partial charge < -0.3 is 20.6 Å². The highest BCUT2D eigenvalue weighted by molar-refractivity contribution is 5.96. The fourth-order valence-corrected chi connectivity index (χ4v) is 2.98. The van der Waals surface area contributed by atoms with Gasteiger partial charge in [-0.25, -0.2) is 0 Å². The van der Waals surface area contributed by atoms with Gasteiger partial charge in [0.15, 0.2) is 0 Å². The Balaban J connectivity index is 2.20. The molecule has 1 aliphatic rings. The highest BCUT2D eigenvalue weighted by atomic mass is 16.3. The minimum atomic E-state index is 0.0187. The van der Waals surface area contributed by atoms with Gasteiger partial charge in [0.25, 0.3) is 5.91 Å². The molecule has 1 atom stereocenters. The number of aliphatic hydroxyl groups is 1. The second-order valence-electron chi connectivity index (χ2n) is 5.83. The maximum atomic E-state index is 12.7. The lowest BCUT2D eigenvalue weighted by Crippen LogP contribution is -2.44. The first-order valence-corrected chi connectivity index (χ1v) is 7.53. The molecule has 5 heteroatoms. The van der Waals surface area contributed by atoms with Gasteiger partial charge in [-0.2, -0.15) is 0 Å². The number of piperidine rings is 1. The molecule has 1 unspecified atom stereocenters. The number of nitrogens with zero attached hydrogens (tertiary/aromatic N) is 2. The summed E-state index contributed by atoms with van der Waals surface area (Å²) in [6, 6.07) is 5.61. The second kappa shape index (κ2) is 6.80. The van der Waals surface area contributed by atoms with Crippen molar-refractivity contribution in [3.05, 3.63) is 23.8 Å². The number of rotatable bonds is 4. The summed E-state index contributed by atoms with van der Waals surface area (Å²) in [7, 11) is 3.85. The molecule has 1 saturated heterocycles. The molecule has 21 heavy (non-hydrogen) atoms. The van der Waals surface area contributed by atoms with E-state index in [1.54, 1.807) is 6.07 Å². The molecule has 0 bridgehead atoms. The van der Waals surface area contributed by atoms with Crippen molar-refractivity contribution in [2.24, 2.45) is 0 Å². The fraction of sp³-hybridized carbons (Fsp3) is 0.562. The Bertz CT molecular complexity index is 500. The molecule has 3 N–H and O–H groups in total. The highest BCUT2D eigenvalue weighted by Gasteiger charge is 2.27. The molecular weight excluding hydrogens is 266 g/mol. The number of carbonyl (C=O) groups excluding carboxylic acids is 1. The molecule has 1 aliphatic heterocycles. The van der Waals surface area contributed by atoms with Gasteiger partial charge in [0.05, 0.1) is 11.4 Å². The van der Waals surface area contributed by atoms with Gasteiger partial charge in [-0.05, 0) is 43.9 Å². The van der Waals surface area contributed by atoms with Gasteiger partial charge in [0.1, 0.15) is 0 Å². The zero-order valence-electron chi connectivity index (χ0n) is 12.9. The Labute approximate surface area is 126 Å². The number of anilines is 2. The number of aliphatic hydroxyl groups excluding tert-OH is 1. The lowest BCUT2D eigenvalue weighted by atomic mass is 9.98. The first-order chi connectivity index (χ1) is 10.0. The molecule has 1 aromatic rings. The number of benzene rings is 1. The summed E-state index contributed by atoms with van der Waals surface area (Å²) in [4.78, 5) is 16.5. The number of carbonyl (C=O) groups is 1. The van der Waals surface area contributed by atoms with Gasteiger partial charge in [-0.15, -0.1) is 0 Å². The third-order valence-corrected chi connectivity index (χ3v) is 4.11. The van der Waals surface area contributed by atoms with Crippen molar-refractivity contribution in [2.45, 2.75) is 31.7 Å². The van der Waals surface area contributed by atoms with Crippen molar-refractivity contribution >= 4 is 17.3 Å². The van der Waals surface area contributed by atoms with Crippen molar-refractivity contribution in [1.29, 1.82) is 0 Å². The molecule has 1 fully saturated rings. The van der Waals surface area contributed by atoms with E-state index in [0.717, 1.165) is 31.5 Å². The summed E-state index contributed by atoms with van der Waals surface area (Å²) >= 11 is 0. The molecule has 0 radical (unpaired) electrons. The summed E-state index contributed by atoms with van der Waals surface area (Å²) in [6.45, 7) is 0.884. The Hall–Kier alpha value is -1.75. The first kappa shape index (κ1) is 15.6. The zero-order chi connectivity index (χ0) is 15.4. The summed E-state index contributed by atoms with van der Waals surface area (Å²) < 4.78 is 0. The van der Waals surface area contributed by atoms with Crippen molar-refractivity contribution in [2.75, 3.05) is 37.9 Å². The van der Waals surface area contributed by atoms with Crippen LogP contribution in [-0.2, 0) is 0 Å². The minimum Gasteiger partial charge on any atom is -0.397 e. The molecular formula is C16H25N3O2. The quantitative estimate of drug-likeness (QED) is 0.829. The summed E-state index contributed by atoms with van der Waals surface area (Å²) in [5.74, 6) is 0.0187. The van der Waals surface area contributed by atoms with Crippen LogP contribution in [0.5, 0.6) is 0 Å². The highest BCUT2D eigenvalue weighted by Crippen LogP contribution is 2.26. The van der Waals surface area contributed by atoms with E-state index in [2.05, 4.69) is 0 Å². The predicted molar refractivity (Wildman–Crippen MR) is 85.6 cm³/mol. The molecule has 116 valence electrons. The van der Waals surface area contributed by atoms with Crippen LogP contribution in [-0.4, -0.2) is 49.2 Å². The Morgan fingerprint density at radius 3 is 2.81 bits per heavy atom. The number of nitrogens with two attached hydrogens (primary N) is 1. The van der Waals surface area contributed by atoms with Crippen molar-refractivity contribution in [3.63, 3.8) is 0 Å². The van der Waals surface area contributed by atoms with E-state index in [1.807, 2.05) is 36.0 Å². The largest absolute Gasteiger partial charge is 0.397 e. The fourth-order valence-electron chi connectivity index (χ4n) is 2.98. The molecule has 5 nitrogen and oxygen atoms in total. The first-order valence-electron chi connectivity index (χ1n) is 7.53. The standard InChI is InChI=1S/C16H25N3O2/c1-18(2)15-7-6-12(11-14(15)17)16(21)19-9-4-3-5-13(19)8-10-20/h6-7,11,13,20H,3-5,8-10,17H2,1-2H3. The molecule has 1 aromatic carbocycles. The third kappa shape index (κ3) is 3.47. The molecule has 0 aliphatic carbocycles. The third-order valence-electron chi connectivity index (χ3n) is 4.11. The number of amides is 1. The lowest BCUT2D eigenvalue weighted by molar-refractivity contribution is 0.0574. The van der Waals surface area contributed by atoms with Gasteiger partial charge in [-0.3, -0.25) is 4.79 Å². The lowest BCUT2D eigenvalue weighted by Gasteiger charge is -2.35.